The molecule has 2 amide bonds. The highest BCUT2D eigenvalue weighted by Gasteiger charge is 2.31. The van der Waals surface area contributed by atoms with Crippen LogP contribution in [0.4, 0.5) is 9.18 Å². The number of pyridine rings is 1. The molecule has 3 heterocycles. The molecule has 2 aromatic carbocycles. The summed E-state index contributed by atoms with van der Waals surface area (Å²) in [4.78, 5) is 35.3. The van der Waals surface area contributed by atoms with Crippen LogP contribution in [-0.2, 0) is 34.0 Å². The summed E-state index contributed by atoms with van der Waals surface area (Å²) in [5.74, 6) is 0.621. The predicted molar refractivity (Wildman–Crippen MR) is 205 cm³/mol. The average Bonchev–Trinajstić information content (AvgIpc) is 3.39. The number of nitrogens with one attached hydrogen (secondary N) is 1. The lowest BCUT2D eigenvalue weighted by Crippen LogP contribution is -2.55. The van der Waals surface area contributed by atoms with Crippen molar-refractivity contribution in [2.24, 2.45) is 0 Å². The van der Waals surface area contributed by atoms with Crippen molar-refractivity contribution in [3.05, 3.63) is 88.4 Å². The van der Waals surface area contributed by atoms with Crippen molar-refractivity contribution in [3.63, 3.8) is 0 Å². The third kappa shape index (κ3) is 11.2. The van der Waals surface area contributed by atoms with Crippen LogP contribution in [-0.4, -0.2) is 100 Å². The molecule has 276 valence electrons. The molecule has 0 saturated carbocycles. The number of aromatic nitrogens is 2. The van der Waals surface area contributed by atoms with Crippen molar-refractivity contribution in [3.8, 4) is 11.5 Å². The van der Waals surface area contributed by atoms with Gasteiger partial charge in [0.1, 0.15) is 29.8 Å². The second-order valence-corrected chi connectivity index (χ2v) is 20.1. The minimum Gasteiger partial charge on any atom is -0.453 e. The lowest BCUT2D eigenvalue weighted by molar-refractivity contribution is -0.135. The number of benzene rings is 2. The number of alkyl carbamates (subject to hydrolysis) is 1. The van der Waals surface area contributed by atoms with E-state index in [2.05, 4.69) is 62.0 Å². The van der Waals surface area contributed by atoms with Crippen LogP contribution in [0.5, 0.6) is 11.5 Å². The van der Waals surface area contributed by atoms with Gasteiger partial charge in [0.15, 0.2) is 11.6 Å². The standard InChI is InChI=1S/C38H49BrFN5O5S/c1-38(2,3)50-37(47)42-31(36(46)44-18-16-43(17-19-44)24-27-10-8-7-9-11-27)23-28-12-13-32(30(40)22-28)49-33-14-15-41-35-34(33)29(39)25-45(35)26-48-20-21-51(4,5)6/h7-15,22,25,31H,16-21,23-24,26H2,1-6H3,(H,42,47)/t31-/m0/s1. The van der Waals surface area contributed by atoms with Crippen molar-refractivity contribution >= 4 is 49.0 Å². The van der Waals surface area contributed by atoms with Crippen LogP contribution in [0.15, 0.2) is 71.5 Å². The van der Waals surface area contributed by atoms with Crippen LogP contribution < -0.4 is 10.1 Å². The lowest BCUT2D eigenvalue weighted by atomic mass is 10.0. The van der Waals surface area contributed by atoms with Gasteiger partial charge in [-0.1, -0.05) is 36.4 Å². The number of piperazine rings is 1. The zero-order valence-electron chi connectivity index (χ0n) is 30.3. The van der Waals surface area contributed by atoms with E-state index in [1.165, 1.54) is 17.7 Å². The van der Waals surface area contributed by atoms with E-state index >= 15 is 4.39 Å². The highest BCUT2D eigenvalue weighted by molar-refractivity contribution is 9.10. The molecule has 0 aliphatic carbocycles. The zero-order valence-corrected chi connectivity index (χ0v) is 32.7. The molecule has 1 N–H and O–H groups in total. The molecule has 0 radical (unpaired) electrons. The molecule has 4 aromatic rings. The largest absolute Gasteiger partial charge is 0.453 e. The molecule has 1 fully saturated rings. The van der Waals surface area contributed by atoms with Crippen molar-refractivity contribution < 1.29 is 28.2 Å². The molecule has 0 spiro atoms. The Morgan fingerprint density at radius 1 is 1.00 bits per heavy atom. The number of halogens is 2. The van der Waals surface area contributed by atoms with Gasteiger partial charge < -0.3 is 29.0 Å². The van der Waals surface area contributed by atoms with E-state index in [1.54, 1.807) is 44.0 Å². The average molecular weight is 787 g/mol. The number of carbonyl (C=O) groups excluding carboxylic acids is 2. The fourth-order valence-corrected chi connectivity index (χ4v) is 6.98. The number of hydrogen-bond donors (Lipinski definition) is 1. The van der Waals surface area contributed by atoms with Gasteiger partial charge in [0.2, 0.25) is 5.91 Å². The third-order valence-corrected chi connectivity index (χ3v) is 10.3. The van der Waals surface area contributed by atoms with Crippen LogP contribution in [0.1, 0.15) is 31.9 Å². The second-order valence-electron chi connectivity index (χ2n) is 14.6. The monoisotopic (exact) mass is 785 g/mol. The predicted octanol–water partition coefficient (Wildman–Crippen LogP) is 7.18. The van der Waals surface area contributed by atoms with Crippen LogP contribution in [0, 0.1) is 5.82 Å². The van der Waals surface area contributed by atoms with Crippen molar-refractivity contribution in [1.29, 1.82) is 0 Å². The van der Waals surface area contributed by atoms with Gasteiger partial charge >= 0.3 is 6.09 Å². The minimum atomic E-state index is -0.950. The van der Waals surface area contributed by atoms with Gasteiger partial charge in [0, 0.05) is 61.8 Å². The van der Waals surface area contributed by atoms with E-state index in [1.807, 2.05) is 29.0 Å². The molecule has 2 aromatic heterocycles. The summed E-state index contributed by atoms with van der Waals surface area (Å²) in [6, 6.07) is 15.5. The molecule has 1 aliphatic heterocycles. The topological polar surface area (TPSA) is 98.2 Å². The summed E-state index contributed by atoms with van der Waals surface area (Å²) in [6.07, 6.45) is 9.63. The lowest BCUT2D eigenvalue weighted by Gasteiger charge is -2.36. The number of rotatable bonds is 13. The van der Waals surface area contributed by atoms with E-state index in [0.717, 1.165) is 16.8 Å². The smallest absolute Gasteiger partial charge is 0.408 e. The first-order valence-corrected chi connectivity index (χ1v) is 20.9. The van der Waals surface area contributed by atoms with Gasteiger partial charge in [0.05, 0.1) is 12.0 Å². The molecule has 1 aliphatic rings. The first-order chi connectivity index (χ1) is 24.1. The number of ether oxygens (including phenoxy) is 3. The molecule has 10 nitrogen and oxygen atoms in total. The van der Waals surface area contributed by atoms with Crippen molar-refractivity contribution in [2.45, 2.75) is 52.1 Å². The van der Waals surface area contributed by atoms with Crippen LogP contribution >= 0.6 is 26.0 Å². The Morgan fingerprint density at radius 3 is 2.39 bits per heavy atom. The van der Waals surface area contributed by atoms with Gasteiger partial charge in [-0.3, -0.25) is 9.69 Å². The quantitative estimate of drug-likeness (QED) is 0.144. The maximum absolute atomic E-state index is 15.7. The van der Waals surface area contributed by atoms with E-state index in [-0.39, 0.29) is 18.1 Å². The number of fused-ring (bicyclic) bond motifs is 1. The highest BCUT2D eigenvalue weighted by Crippen LogP contribution is 2.37. The van der Waals surface area contributed by atoms with Crippen LogP contribution in [0.2, 0.25) is 0 Å². The van der Waals surface area contributed by atoms with Gasteiger partial charge in [0.25, 0.3) is 0 Å². The number of nitrogens with zero attached hydrogens (tertiary/aromatic N) is 4. The molecule has 13 heteroatoms. The summed E-state index contributed by atoms with van der Waals surface area (Å²) in [7, 11) is -0.663. The zero-order chi connectivity index (χ0) is 36.8. The van der Waals surface area contributed by atoms with Gasteiger partial charge in [-0.15, -0.1) is 0 Å². The van der Waals surface area contributed by atoms with Crippen molar-refractivity contribution in [1.82, 2.24) is 24.7 Å². The first-order valence-electron chi connectivity index (χ1n) is 17.0. The SMILES string of the molecule is CC(C)(C)OC(=O)N[C@@H](Cc1ccc(Oc2ccnc3c2c(Br)cn3COCCS(C)(C)C)c(F)c1)C(=O)N1CCN(Cc2ccccc2)CC1. The molecule has 1 atom stereocenters. The highest BCUT2D eigenvalue weighted by atomic mass is 79.9. The molecule has 0 unspecified atom stereocenters. The summed E-state index contributed by atoms with van der Waals surface area (Å²) < 4.78 is 35.8. The van der Waals surface area contributed by atoms with Crippen molar-refractivity contribution in [2.75, 3.05) is 57.3 Å². The summed E-state index contributed by atoms with van der Waals surface area (Å²) >= 11 is 3.61. The van der Waals surface area contributed by atoms with Gasteiger partial charge in [-0.05, 0) is 84.8 Å². The Labute approximate surface area is 310 Å². The van der Waals surface area contributed by atoms with Gasteiger partial charge in [-0.25, -0.2) is 24.2 Å². The fourth-order valence-electron chi connectivity index (χ4n) is 5.74. The molecular formula is C38H49BrFN5O5S. The third-order valence-electron chi connectivity index (χ3n) is 8.32. The number of carbonyl (C=O) groups is 2. The Hall–Kier alpha value is -3.65. The maximum atomic E-state index is 15.7. The van der Waals surface area contributed by atoms with Crippen LogP contribution in [0.25, 0.3) is 11.0 Å². The summed E-state index contributed by atoms with van der Waals surface area (Å²) in [5.41, 5.74) is 1.64. The van der Waals surface area contributed by atoms with Gasteiger partial charge in [-0.2, -0.15) is 0 Å². The molecule has 1 saturated heterocycles. The van der Waals surface area contributed by atoms with E-state index in [0.29, 0.717) is 61.9 Å². The molecule has 51 heavy (non-hydrogen) atoms. The Balaban J connectivity index is 1.27. The van der Waals surface area contributed by atoms with E-state index in [9.17, 15) is 9.59 Å². The van der Waals surface area contributed by atoms with E-state index < -0.39 is 33.6 Å². The molecule has 5 rings (SSSR count). The maximum Gasteiger partial charge on any atom is 0.408 e. The second kappa shape index (κ2) is 16.8. The summed E-state index contributed by atoms with van der Waals surface area (Å²) in [6.45, 7) is 9.49. The molecular weight excluding hydrogens is 737 g/mol. The van der Waals surface area contributed by atoms with Crippen LogP contribution in [0.3, 0.4) is 0 Å². The Morgan fingerprint density at radius 2 is 1.73 bits per heavy atom. The Kier molecular flexibility index (Phi) is 12.7. The Bertz CT molecular complexity index is 1800. The fraction of sp³-hybridized carbons (Fsp3) is 0.447. The van der Waals surface area contributed by atoms with E-state index in [4.69, 9.17) is 14.2 Å². The summed E-state index contributed by atoms with van der Waals surface area (Å²) in [5, 5.41) is 3.45. The molecule has 0 bridgehead atoms. The minimum absolute atomic E-state index is 0.0211. The number of hydrogen-bond acceptors (Lipinski definition) is 7. The number of amides is 2. The normalized spacial score (nSPS) is 15.1. The first kappa shape index (κ1) is 38.6.